The molecule has 0 spiro atoms. The molecule has 0 aromatic carbocycles. The van der Waals surface area contributed by atoms with E-state index >= 15 is 0 Å². The average Bonchev–Trinajstić information content (AvgIpc) is 2.19. The fourth-order valence-corrected chi connectivity index (χ4v) is 0.727. The van der Waals surface area contributed by atoms with Gasteiger partial charge < -0.3 is 9.84 Å². The van der Waals surface area contributed by atoms with E-state index in [-0.39, 0.29) is 11.4 Å². The molecular formula is C8H7F2NO3. The van der Waals surface area contributed by atoms with Crippen LogP contribution in [-0.2, 0) is 0 Å². The summed E-state index contributed by atoms with van der Waals surface area (Å²) < 4.78 is 29.0. The molecule has 1 heterocycles. The number of aliphatic hydroxyl groups is 1. The maximum Gasteiger partial charge on any atom is 0.421 e. The third kappa shape index (κ3) is 2.74. The molecule has 0 fully saturated rings. The van der Waals surface area contributed by atoms with E-state index in [1.165, 1.54) is 12.1 Å². The zero-order valence-corrected chi connectivity index (χ0v) is 6.98. The quantitative estimate of drug-likeness (QED) is 0.737. The number of ether oxygens (including phenoxy) is 1. The molecule has 0 amide bonds. The van der Waals surface area contributed by atoms with E-state index < -0.39 is 12.7 Å². The van der Waals surface area contributed by atoms with Crippen LogP contribution in [-0.4, -0.2) is 29.1 Å². The molecular weight excluding hydrogens is 196 g/mol. The summed E-state index contributed by atoms with van der Waals surface area (Å²) in [4.78, 5) is 13.7. The van der Waals surface area contributed by atoms with Crippen molar-refractivity contribution >= 4 is 6.29 Å². The maximum absolute atomic E-state index is 12.5. The number of halogens is 2. The molecule has 0 saturated carbocycles. The lowest BCUT2D eigenvalue weighted by molar-refractivity contribution is -0.201. The molecule has 76 valence electrons. The summed E-state index contributed by atoms with van der Waals surface area (Å²) >= 11 is 0. The van der Waals surface area contributed by atoms with Gasteiger partial charge in [0.25, 0.3) is 0 Å². The van der Waals surface area contributed by atoms with E-state index in [9.17, 15) is 13.6 Å². The minimum atomic E-state index is -3.63. The molecule has 14 heavy (non-hydrogen) atoms. The number of carbonyl (C=O) groups excluding carboxylic acids is 1. The molecule has 6 heteroatoms. The highest BCUT2D eigenvalue weighted by molar-refractivity contribution is 5.71. The Morgan fingerprint density at radius 1 is 1.57 bits per heavy atom. The molecule has 1 aromatic heterocycles. The summed E-state index contributed by atoms with van der Waals surface area (Å²) in [5.74, 6) is -0.213. The summed E-state index contributed by atoms with van der Waals surface area (Å²) in [7, 11) is 0. The Morgan fingerprint density at radius 2 is 2.29 bits per heavy atom. The number of rotatable bonds is 4. The highest BCUT2D eigenvalue weighted by atomic mass is 19.3. The summed E-state index contributed by atoms with van der Waals surface area (Å²) in [5, 5.41) is 8.20. The minimum Gasteiger partial charge on any atom is -0.429 e. The Hall–Kier alpha value is -1.56. The van der Waals surface area contributed by atoms with Gasteiger partial charge >= 0.3 is 6.11 Å². The van der Waals surface area contributed by atoms with Crippen LogP contribution in [0.5, 0.6) is 5.75 Å². The van der Waals surface area contributed by atoms with Gasteiger partial charge in [-0.3, -0.25) is 4.79 Å². The number of aliphatic hydroxyl groups excluding tert-OH is 1. The molecule has 0 aliphatic carbocycles. The van der Waals surface area contributed by atoms with Crippen LogP contribution < -0.4 is 4.74 Å². The summed E-state index contributed by atoms with van der Waals surface area (Å²) in [5.41, 5.74) is 0.115. The first-order chi connectivity index (χ1) is 6.57. The second kappa shape index (κ2) is 4.10. The van der Waals surface area contributed by atoms with Gasteiger partial charge in [0.1, 0.15) is 18.1 Å². The van der Waals surface area contributed by atoms with Crippen molar-refractivity contribution < 1.29 is 23.4 Å². The SMILES string of the molecule is O=Cc1ccc(OC(F)(F)CO)cn1. The summed E-state index contributed by atoms with van der Waals surface area (Å²) in [6.45, 7) is -1.41. The number of hydrogen-bond acceptors (Lipinski definition) is 4. The largest absolute Gasteiger partial charge is 0.429 e. The second-order valence-electron chi connectivity index (χ2n) is 2.43. The van der Waals surface area contributed by atoms with Gasteiger partial charge in [0.2, 0.25) is 0 Å². The molecule has 0 saturated heterocycles. The van der Waals surface area contributed by atoms with Crippen molar-refractivity contribution in [3.05, 3.63) is 24.0 Å². The van der Waals surface area contributed by atoms with Crippen LogP contribution in [0.2, 0.25) is 0 Å². The monoisotopic (exact) mass is 203 g/mol. The standard InChI is InChI=1S/C8H7F2NO3/c9-8(10,5-13)14-7-2-1-6(4-12)11-3-7/h1-4,13H,5H2. The molecule has 1 aromatic rings. The van der Waals surface area contributed by atoms with E-state index in [2.05, 4.69) is 9.72 Å². The predicted octanol–water partition coefficient (Wildman–Crippen LogP) is 0.858. The number of alkyl halides is 2. The zero-order valence-electron chi connectivity index (χ0n) is 6.98. The van der Waals surface area contributed by atoms with Crippen molar-refractivity contribution in [3.63, 3.8) is 0 Å². The fourth-order valence-electron chi connectivity index (χ4n) is 0.727. The molecule has 4 nitrogen and oxygen atoms in total. The van der Waals surface area contributed by atoms with E-state index in [0.717, 1.165) is 6.20 Å². The molecule has 0 aliphatic rings. The van der Waals surface area contributed by atoms with Crippen molar-refractivity contribution in [3.8, 4) is 5.75 Å². The molecule has 1 rings (SSSR count). The van der Waals surface area contributed by atoms with Crippen LogP contribution >= 0.6 is 0 Å². The zero-order chi connectivity index (χ0) is 10.6. The number of hydrogen-bond donors (Lipinski definition) is 1. The van der Waals surface area contributed by atoms with Crippen molar-refractivity contribution in [2.45, 2.75) is 6.11 Å². The highest BCUT2D eigenvalue weighted by Crippen LogP contribution is 2.19. The van der Waals surface area contributed by atoms with Gasteiger partial charge in [0, 0.05) is 0 Å². The normalized spacial score (nSPS) is 11.1. The van der Waals surface area contributed by atoms with E-state index in [4.69, 9.17) is 5.11 Å². The Bertz CT molecular complexity index is 313. The third-order valence-electron chi connectivity index (χ3n) is 1.33. The average molecular weight is 203 g/mol. The van der Waals surface area contributed by atoms with Gasteiger partial charge in [-0.25, -0.2) is 4.98 Å². The van der Waals surface area contributed by atoms with Crippen LogP contribution in [0.1, 0.15) is 10.5 Å². The third-order valence-corrected chi connectivity index (χ3v) is 1.33. The van der Waals surface area contributed by atoms with Gasteiger partial charge in [-0.05, 0) is 12.1 Å². The molecule has 0 unspecified atom stereocenters. The molecule has 0 aliphatic heterocycles. The number of aromatic nitrogens is 1. The summed E-state index contributed by atoms with van der Waals surface area (Å²) in [6.07, 6.45) is -2.17. The van der Waals surface area contributed by atoms with Crippen molar-refractivity contribution in [1.29, 1.82) is 0 Å². The second-order valence-corrected chi connectivity index (χ2v) is 2.43. The van der Waals surface area contributed by atoms with Gasteiger partial charge in [0.15, 0.2) is 6.29 Å². The Kier molecular flexibility index (Phi) is 3.08. The lowest BCUT2D eigenvalue weighted by atomic mass is 10.4. The molecule has 0 bridgehead atoms. The molecule has 0 radical (unpaired) electrons. The maximum atomic E-state index is 12.5. The van der Waals surface area contributed by atoms with E-state index in [1.54, 1.807) is 0 Å². The number of carbonyl (C=O) groups is 1. The highest BCUT2D eigenvalue weighted by Gasteiger charge is 2.30. The van der Waals surface area contributed by atoms with Crippen LogP contribution in [0.15, 0.2) is 18.3 Å². The van der Waals surface area contributed by atoms with E-state index in [0.29, 0.717) is 6.29 Å². The van der Waals surface area contributed by atoms with E-state index in [1.807, 2.05) is 0 Å². The Morgan fingerprint density at radius 3 is 2.71 bits per heavy atom. The van der Waals surface area contributed by atoms with Crippen LogP contribution in [0, 0.1) is 0 Å². The Labute approximate surface area is 78.1 Å². The lowest BCUT2D eigenvalue weighted by Crippen LogP contribution is -2.29. The molecule has 1 N–H and O–H groups in total. The van der Waals surface area contributed by atoms with Crippen LogP contribution in [0.3, 0.4) is 0 Å². The summed E-state index contributed by atoms with van der Waals surface area (Å²) in [6, 6.07) is 2.40. The van der Waals surface area contributed by atoms with Gasteiger partial charge in [-0.1, -0.05) is 0 Å². The fraction of sp³-hybridized carbons (Fsp3) is 0.250. The number of nitrogens with zero attached hydrogens (tertiary/aromatic N) is 1. The Balaban J connectivity index is 2.73. The van der Waals surface area contributed by atoms with Gasteiger partial charge in [0.05, 0.1) is 6.20 Å². The minimum absolute atomic E-state index is 0.115. The van der Waals surface area contributed by atoms with Crippen LogP contribution in [0.25, 0.3) is 0 Å². The lowest BCUT2D eigenvalue weighted by Gasteiger charge is -2.14. The van der Waals surface area contributed by atoms with Crippen molar-refractivity contribution in [2.75, 3.05) is 6.61 Å². The predicted molar refractivity (Wildman–Crippen MR) is 42.3 cm³/mol. The first kappa shape index (κ1) is 10.5. The van der Waals surface area contributed by atoms with Gasteiger partial charge in [-0.2, -0.15) is 8.78 Å². The van der Waals surface area contributed by atoms with Crippen molar-refractivity contribution in [1.82, 2.24) is 4.98 Å². The number of aldehydes is 1. The number of pyridine rings is 1. The molecule has 0 atom stereocenters. The topological polar surface area (TPSA) is 59.4 Å². The van der Waals surface area contributed by atoms with Crippen molar-refractivity contribution in [2.24, 2.45) is 0 Å². The van der Waals surface area contributed by atoms with Gasteiger partial charge in [-0.15, -0.1) is 0 Å². The first-order valence-corrected chi connectivity index (χ1v) is 3.66. The first-order valence-electron chi connectivity index (χ1n) is 3.66. The van der Waals surface area contributed by atoms with Crippen LogP contribution in [0.4, 0.5) is 8.78 Å². The smallest absolute Gasteiger partial charge is 0.421 e.